The molecule has 0 fully saturated rings. The lowest BCUT2D eigenvalue weighted by molar-refractivity contribution is -0.121. The third kappa shape index (κ3) is 3.28. The first-order valence-corrected chi connectivity index (χ1v) is 9.64. The van der Waals surface area contributed by atoms with E-state index in [1.165, 1.54) is 5.56 Å². The molecule has 4 aromatic rings. The number of fused-ring (bicyclic) bond motifs is 2. The lowest BCUT2D eigenvalue weighted by Gasteiger charge is -2.20. The number of benzene rings is 2. The molecule has 28 heavy (non-hydrogen) atoms. The first kappa shape index (κ1) is 18.3. The molecule has 4 rings (SSSR count). The van der Waals surface area contributed by atoms with E-state index in [0.29, 0.717) is 0 Å². The van der Waals surface area contributed by atoms with E-state index in [9.17, 15) is 4.79 Å². The monoisotopic (exact) mass is 375 g/mol. The lowest BCUT2D eigenvalue weighted by Crippen LogP contribution is -2.33. The van der Waals surface area contributed by atoms with Crippen LogP contribution in [0.1, 0.15) is 42.4 Å². The Balaban J connectivity index is 1.56. The van der Waals surface area contributed by atoms with E-state index in [4.69, 9.17) is 4.42 Å². The molecule has 5 nitrogen and oxygen atoms in total. The average Bonchev–Trinajstić information content (AvgIpc) is 3.27. The number of furan rings is 1. The molecular formula is C23H25N3O2. The molecule has 0 aliphatic rings. The van der Waals surface area contributed by atoms with Crippen LogP contribution in [0.4, 0.5) is 0 Å². The van der Waals surface area contributed by atoms with Crippen molar-refractivity contribution in [2.45, 2.75) is 40.2 Å². The maximum absolute atomic E-state index is 12.8. The number of H-pyrrole nitrogens is 1. The zero-order chi connectivity index (χ0) is 19.8. The fourth-order valence-electron chi connectivity index (χ4n) is 3.59. The molecule has 0 bridgehead atoms. The number of rotatable bonds is 5. The van der Waals surface area contributed by atoms with Crippen LogP contribution in [-0.4, -0.2) is 15.9 Å². The number of para-hydroxylation sites is 2. The third-order valence-electron chi connectivity index (χ3n) is 5.38. The van der Waals surface area contributed by atoms with Crippen molar-refractivity contribution in [3.05, 3.63) is 65.2 Å². The number of imidazole rings is 1. The van der Waals surface area contributed by atoms with E-state index >= 15 is 0 Å². The second kappa shape index (κ2) is 7.15. The van der Waals surface area contributed by atoms with Gasteiger partial charge in [-0.05, 0) is 43.0 Å². The van der Waals surface area contributed by atoms with Gasteiger partial charge < -0.3 is 14.7 Å². The number of aromatic amines is 1. The zero-order valence-electron chi connectivity index (χ0n) is 16.7. The molecule has 0 aliphatic carbocycles. The molecule has 0 radical (unpaired) electrons. The van der Waals surface area contributed by atoms with E-state index in [-0.39, 0.29) is 24.3 Å². The summed E-state index contributed by atoms with van der Waals surface area (Å²) in [6.45, 7) is 8.26. The maximum atomic E-state index is 12.8. The Bertz CT molecular complexity index is 1120. The number of hydrogen-bond acceptors (Lipinski definition) is 3. The number of carbonyl (C=O) groups is 1. The van der Waals surface area contributed by atoms with Gasteiger partial charge in [0, 0.05) is 10.9 Å². The number of amides is 1. The molecule has 144 valence electrons. The molecule has 5 heteroatoms. The van der Waals surface area contributed by atoms with Crippen LogP contribution in [0.25, 0.3) is 22.0 Å². The first-order valence-electron chi connectivity index (χ1n) is 9.64. The predicted octanol–water partition coefficient (Wildman–Crippen LogP) is 4.98. The highest BCUT2D eigenvalue weighted by Gasteiger charge is 2.22. The van der Waals surface area contributed by atoms with Crippen molar-refractivity contribution < 1.29 is 9.21 Å². The van der Waals surface area contributed by atoms with Crippen LogP contribution in [0.3, 0.4) is 0 Å². The normalized spacial score (nSPS) is 12.8. The minimum Gasteiger partial charge on any atom is -0.464 e. The molecule has 0 aliphatic heterocycles. The minimum atomic E-state index is -0.179. The van der Waals surface area contributed by atoms with E-state index in [1.807, 2.05) is 37.3 Å². The highest BCUT2D eigenvalue weighted by atomic mass is 16.3. The van der Waals surface area contributed by atoms with Gasteiger partial charge in [-0.1, -0.05) is 38.1 Å². The number of aromatic nitrogens is 2. The van der Waals surface area contributed by atoms with Crippen LogP contribution >= 0.6 is 0 Å². The van der Waals surface area contributed by atoms with Gasteiger partial charge in [0.15, 0.2) is 0 Å². The standard InChI is InChI=1S/C23H25N3O2/c1-13(2)21(23-24-18-7-5-6-8-19(18)25-23)26-20(27)11-16-12-28-22-15(4)14(3)9-10-17(16)22/h5-10,12-13,21H,11H2,1-4H3,(H,24,25)(H,26,27)/t21-/m0/s1. The Morgan fingerprint density at radius 3 is 2.71 bits per heavy atom. The number of nitrogens with zero attached hydrogens (tertiary/aromatic N) is 1. The highest BCUT2D eigenvalue weighted by molar-refractivity contribution is 5.89. The van der Waals surface area contributed by atoms with Gasteiger partial charge in [-0.3, -0.25) is 4.79 Å². The summed E-state index contributed by atoms with van der Waals surface area (Å²) >= 11 is 0. The molecule has 1 amide bonds. The van der Waals surface area contributed by atoms with Crippen molar-refractivity contribution in [1.82, 2.24) is 15.3 Å². The van der Waals surface area contributed by atoms with Gasteiger partial charge in [-0.2, -0.15) is 0 Å². The predicted molar refractivity (Wildman–Crippen MR) is 111 cm³/mol. The van der Waals surface area contributed by atoms with E-state index in [0.717, 1.165) is 39.0 Å². The number of nitrogens with one attached hydrogen (secondary N) is 2. The largest absolute Gasteiger partial charge is 0.464 e. The molecular weight excluding hydrogens is 350 g/mol. The average molecular weight is 375 g/mol. The summed E-state index contributed by atoms with van der Waals surface area (Å²) in [6, 6.07) is 11.8. The SMILES string of the molecule is Cc1ccc2c(CC(=O)N[C@H](c3nc4ccccc4[nH]3)C(C)C)coc2c1C. The van der Waals surface area contributed by atoms with E-state index in [2.05, 4.69) is 42.1 Å². The molecule has 2 N–H and O–H groups in total. The Morgan fingerprint density at radius 2 is 1.96 bits per heavy atom. The Morgan fingerprint density at radius 1 is 1.18 bits per heavy atom. The van der Waals surface area contributed by atoms with Crippen molar-refractivity contribution in [3.8, 4) is 0 Å². The number of hydrogen-bond donors (Lipinski definition) is 2. The summed E-state index contributed by atoms with van der Waals surface area (Å²) in [4.78, 5) is 20.8. The molecule has 0 saturated carbocycles. The Labute approximate surface area is 164 Å². The lowest BCUT2D eigenvalue weighted by atomic mass is 10.0. The topological polar surface area (TPSA) is 70.9 Å². The molecule has 2 aromatic carbocycles. The quantitative estimate of drug-likeness (QED) is 0.517. The van der Waals surface area contributed by atoms with Crippen molar-refractivity contribution in [2.75, 3.05) is 0 Å². The Kier molecular flexibility index (Phi) is 4.67. The van der Waals surface area contributed by atoms with Crippen molar-refractivity contribution in [3.63, 3.8) is 0 Å². The molecule has 2 heterocycles. The van der Waals surface area contributed by atoms with Gasteiger partial charge >= 0.3 is 0 Å². The van der Waals surface area contributed by atoms with Crippen LogP contribution in [-0.2, 0) is 11.2 Å². The summed E-state index contributed by atoms with van der Waals surface area (Å²) in [5.74, 6) is 0.948. The van der Waals surface area contributed by atoms with Crippen LogP contribution < -0.4 is 5.32 Å². The van der Waals surface area contributed by atoms with Crippen molar-refractivity contribution >= 4 is 27.9 Å². The van der Waals surface area contributed by atoms with Crippen LogP contribution in [0, 0.1) is 19.8 Å². The minimum absolute atomic E-state index is 0.0416. The van der Waals surface area contributed by atoms with Gasteiger partial charge in [-0.15, -0.1) is 0 Å². The van der Waals surface area contributed by atoms with Gasteiger partial charge in [0.25, 0.3) is 0 Å². The molecule has 1 atom stereocenters. The van der Waals surface area contributed by atoms with Gasteiger partial charge in [0.1, 0.15) is 11.4 Å². The van der Waals surface area contributed by atoms with Crippen LogP contribution in [0.2, 0.25) is 0 Å². The number of carbonyl (C=O) groups excluding carboxylic acids is 1. The molecule has 0 saturated heterocycles. The zero-order valence-corrected chi connectivity index (χ0v) is 16.7. The van der Waals surface area contributed by atoms with Gasteiger partial charge in [-0.25, -0.2) is 4.98 Å². The fourth-order valence-corrected chi connectivity index (χ4v) is 3.59. The second-order valence-corrected chi connectivity index (χ2v) is 7.75. The van der Waals surface area contributed by atoms with Crippen molar-refractivity contribution in [2.24, 2.45) is 5.92 Å². The smallest absolute Gasteiger partial charge is 0.225 e. The van der Waals surface area contributed by atoms with Gasteiger partial charge in [0.2, 0.25) is 5.91 Å². The summed E-state index contributed by atoms with van der Waals surface area (Å²) in [7, 11) is 0. The van der Waals surface area contributed by atoms with Crippen LogP contribution in [0.15, 0.2) is 47.1 Å². The second-order valence-electron chi connectivity index (χ2n) is 7.75. The van der Waals surface area contributed by atoms with E-state index in [1.54, 1.807) is 6.26 Å². The number of aryl methyl sites for hydroxylation is 2. The van der Waals surface area contributed by atoms with Gasteiger partial charge in [0.05, 0.1) is 29.8 Å². The first-order chi connectivity index (χ1) is 13.4. The third-order valence-corrected chi connectivity index (χ3v) is 5.38. The van der Waals surface area contributed by atoms with Crippen molar-refractivity contribution in [1.29, 1.82) is 0 Å². The molecule has 2 aromatic heterocycles. The molecule has 0 unspecified atom stereocenters. The summed E-state index contributed by atoms with van der Waals surface area (Å²) < 4.78 is 5.74. The van der Waals surface area contributed by atoms with Crippen LogP contribution in [0.5, 0.6) is 0 Å². The Hall–Kier alpha value is -3.08. The molecule has 0 spiro atoms. The highest BCUT2D eigenvalue weighted by Crippen LogP contribution is 2.27. The maximum Gasteiger partial charge on any atom is 0.225 e. The fraction of sp³-hybridized carbons (Fsp3) is 0.304. The summed E-state index contributed by atoms with van der Waals surface area (Å²) in [6.07, 6.45) is 1.97. The van der Waals surface area contributed by atoms with E-state index < -0.39 is 0 Å². The summed E-state index contributed by atoms with van der Waals surface area (Å²) in [5, 5.41) is 4.15. The summed E-state index contributed by atoms with van der Waals surface area (Å²) in [5.41, 5.74) is 5.95.